The fourth-order valence-electron chi connectivity index (χ4n) is 4.07. The Morgan fingerprint density at radius 2 is 1.97 bits per heavy atom. The summed E-state index contributed by atoms with van der Waals surface area (Å²) in [6.45, 7) is 7.24. The van der Waals surface area contributed by atoms with E-state index in [0.717, 1.165) is 69.2 Å². The van der Waals surface area contributed by atoms with Crippen molar-refractivity contribution in [3.63, 3.8) is 0 Å². The molecule has 33 heavy (non-hydrogen) atoms. The first-order valence-electron chi connectivity index (χ1n) is 11.4. The number of hydrogen-bond acceptors (Lipinski definition) is 2. The van der Waals surface area contributed by atoms with Crippen molar-refractivity contribution >= 4 is 17.6 Å². The van der Waals surface area contributed by atoms with Crippen LogP contribution in [0.1, 0.15) is 81.8 Å². The molecule has 7 heteroatoms. The number of hydrogen-bond donors (Lipinski definition) is 2. The zero-order valence-electron chi connectivity index (χ0n) is 19.1. The van der Waals surface area contributed by atoms with Gasteiger partial charge in [0.2, 0.25) is 0 Å². The Labute approximate surface area is 199 Å². The van der Waals surface area contributed by atoms with Crippen molar-refractivity contribution in [3.8, 4) is 0 Å². The number of unbranched alkanes of at least 4 members (excludes halogenated alkanes) is 3. The van der Waals surface area contributed by atoms with Gasteiger partial charge in [-0.2, -0.15) is 13.2 Å². The first-order chi connectivity index (χ1) is 15.6. The molecule has 182 valence electrons. The van der Waals surface area contributed by atoms with Crippen molar-refractivity contribution in [3.05, 3.63) is 69.9 Å². The van der Waals surface area contributed by atoms with E-state index in [1.807, 2.05) is 0 Å². The highest BCUT2D eigenvalue weighted by Crippen LogP contribution is 2.36. The Hall–Kier alpha value is -2.21. The van der Waals surface area contributed by atoms with Crippen LogP contribution in [0.2, 0.25) is 5.02 Å². The molecule has 0 spiro atoms. The topological polar surface area (TPSA) is 49.3 Å². The molecule has 0 saturated heterocycles. The number of carbonyl (C=O) groups is 1. The molecule has 1 heterocycles. The maximum atomic E-state index is 13.1. The lowest BCUT2D eigenvalue weighted by atomic mass is 9.89. The van der Waals surface area contributed by atoms with Gasteiger partial charge in [-0.15, -0.1) is 0 Å². The Kier molecular flexibility index (Phi) is 10.6. The lowest BCUT2D eigenvalue weighted by Crippen LogP contribution is -2.19. The molecule has 0 saturated carbocycles. The van der Waals surface area contributed by atoms with Gasteiger partial charge in [0.25, 0.3) is 0 Å². The van der Waals surface area contributed by atoms with Crippen LogP contribution in [0.4, 0.5) is 13.2 Å². The van der Waals surface area contributed by atoms with Gasteiger partial charge in [0.1, 0.15) is 0 Å². The van der Waals surface area contributed by atoms with E-state index in [-0.39, 0.29) is 11.4 Å². The summed E-state index contributed by atoms with van der Waals surface area (Å²) in [5.74, 6) is -1.53. The predicted octanol–water partition coefficient (Wildman–Crippen LogP) is 8.03. The van der Waals surface area contributed by atoms with Gasteiger partial charge in [-0.1, -0.05) is 55.2 Å². The van der Waals surface area contributed by atoms with Crippen molar-refractivity contribution in [2.24, 2.45) is 0 Å². The van der Waals surface area contributed by atoms with E-state index in [0.29, 0.717) is 12.0 Å². The largest absolute Gasteiger partial charge is 0.481 e. The smallest absolute Gasteiger partial charge is 0.416 e. The van der Waals surface area contributed by atoms with Crippen LogP contribution >= 0.6 is 11.6 Å². The first kappa shape index (κ1) is 27.0. The van der Waals surface area contributed by atoms with Gasteiger partial charge in [0.05, 0.1) is 12.0 Å². The molecule has 1 aromatic carbocycles. The summed E-state index contributed by atoms with van der Waals surface area (Å²) in [7, 11) is 0. The average molecular weight is 484 g/mol. The quantitative estimate of drug-likeness (QED) is 0.233. The molecule has 1 atom stereocenters. The monoisotopic (exact) mass is 483 g/mol. The Morgan fingerprint density at radius 3 is 2.64 bits per heavy atom. The number of rotatable bonds is 12. The molecule has 1 aromatic rings. The van der Waals surface area contributed by atoms with Crippen LogP contribution in [0.25, 0.3) is 0 Å². The number of benzene rings is 1. The molecule has 0 fully saturated rings. The van der Waals surface area contributed by atoms with Crippen LogP contribution in [0.15, 0.2) is 53.8 Å². The third kappa shape index (κ3) is 9.66. The van der Waals surface area contributed by atoms with E-state index in [1.54, 1.807) is 0 Å². The van der Waals surface area contributed by atoms with Gasteiger partial charge in [-0.3, -0.25) is 4.79 Å². The van der Waals surface area contributed by atoms with E-state index in [9.17, 15) is 23.1 Å². The molecule has 2 rings (SSSR count). The van der Waals surface area contributed by atoms with Gasteiger partial charge in [-0.05, 0) is 74.3 Å². The number of carboxylic acid groups (broad SMARTS) is 1. The number of alkyl halides is 3. The lowest BCUT2D eigenvalue weighted by molar-refractivity contribution is -0.138. The van der Waals surface area contributed by atoms with E-state index >= 15 is 0 Å². The van der Waals surface area contributed by atoms with Gasteiger partial charge >= 0.3 is 12.1 Å². The summed E-state index contributed by atoms with van der Waals surface area (Å²) < 4.78 is 39.4. The van der Waals surface area contributed by atoms with E-state index in [1.165, 1.54) is 17.3 Å². The van der Waals surface area contributed by atoms with Crippen LogP contribution in [0, 0.1) is 0 Å². The van der Waals surface area contributed by atoms with Crippen molar-refractivity contribution in [2.45, 2.75) is 76.8 Å². The van der Waals surface area contributed by atoms with Gasteiger partial charge < -0.3 is 10.4 Å². The van der Waals surface area contributed by atoms with Crippen LogP contribution in [-0.4, -0.2) is 17.6 Å². The number of carboxylic acids is 1. The molecule has 0 amide bonds. The first-order valence-corrected chi connectivity index (χ1v) is 11.8. The molecule has 0 aromatic heterocycles. The minimum Gasteiger partial charge on any atom is -0.481 e. The van der Waals surface area contributed by atoms with Crippen molar-refractivity contribution in [1.29, 1.82) is 0 Å². The van der Waals surface area contributed by atoms with Gasteiger partial charge in [0, 0.05) is 17.3 Å². The fourth-order valence-corrected chi connectivity index (χ4v) is 4.31. The zero-order valence-corrected chi connectivity index (χ0v) is 19.9. The highest BCUT2D eigenvalue weighted by atomic mass is 35.5. The molecular formula is C26H33ClF3NO2. The molecule has 1 aliphatic heterocycles. The van der Waals surface area contributed by atoms with Crippen molar-refractivity contribution in [2.75, 3.05) is 6.54 Å². The molecule has 2 N–H and O–H groups in total. The maximum absolute atomic E-state index is 13.1. The Morgan fingerprint density at radius 1 is 1.24 bits per heavy atom. The third-order valence-corrected chi connectivity index (χ3v) is 6.17. The summed E-state index contributed by atoms with van der Waals surface area (Å²) in [5, 5.41) is 12.6. The normalized spacial score (nSPS) is 15.5. The number of aliphatic carboxylic acids is 1. The summed E-state index contributed by atoms with van der Waals surface area (Å²) in [6, 6.07) is 3.33. The summed E-state index contributed by atoms with van der Waals surface area (Å²) in [4.78, 5) is 11.3. The summed E-state index contributed by atoms with van der Waals surface area (Å²) in [5.41, 5.74) is 3.10. The lowest BCUT2D eigenvalue weighted by Gasteiger charge is -2.18. The standard InChI is InChI=1S/C26H33ClF3NO2/c1-18(11-12-20-10-7-13-31-19(20)2)8-5-3-4-6-9-21(16-25(32)33)22-14-23(26(28,29)30)17-24(27)15-22/h11-12,14-15,17,21,31H,1,3-10,13,16H2,2H3,(H,32,33)/b12-11-. The minimum absolute atomic E-state index is 0.0308. The molecular weight excluding hydrogens is 451 g/mol. The molecule has 0 radical (unpaired) electrons. The minimum atomic E-state index is -4.52. The Balaban J connectivity index is 1.81. The highest BCUT2D eigenvalue weighted by Gasteiger charge is 2.32. The number of halogens is 4. The van der Waals surface area contributed by atoms with Crippen LogP contribution in [0.5, 0.6) is 0 Å². The molecule has 1 unspecified atom stereocenters. The van der Waals surface area contributed by atoms with Crippen LogP contribution < -0.4 is 5.32 Å². The van der Waals surface area contributed by atoms with E-state index in [2.05, 4.69) is 31.0 Å². The second kappa shape index (κ2) is 12.9. The predicted molar refractivity (Wildman–Crippen MR) is 127 cm³/mol. The highest BCUT2D eigenvalue weighted by molar-refractivity contribution is 6.30. The average Bonchev–Trinajstić information content (AvgIpc) is 2.73. The van der Waals surface area contributed by atoms with Crippen LogP contribution in [0.3, 0.4) is 0 Å². The molecule has 3 nitrogen and oxygen atoms in total. The molecule has 0 aliphatic carbocycles. The summed E-state index contributed by atoms with van der Waals surface area (Å²) in [6.07, 6.45) is 6.64. The second-order valence-corrected chi connectivity index (χ2v) is 9.13. The number of nitrogens with one attached hydrogen (secondary N) is 1. The van der Waals surface area contributed by atoms with Gasteiger partial charge in [0.15, 0.2) is 0 Å². The second-order valence-electron chi connectivity index (χ2n) is 8.69. The van der Waals surface area contributed by atoms with E-state index < -0.39 is 23.6 Å². The fraction of sp³-hybridized carbons (Fsp3) is 0.500. The Bertz CT molecular complexity index is 890. The maximum Gasteiger partial charge on any atom is 0.416 e. The van der Waals surface area contributed by atoms with E-state index in [4.69, 9.17) is 11.6 Å². The SMILES string of the molecule is C=C(/C=C\C1=C(C)NCCC1)CCCCCCC(CC(=O)O)c1cc(Cl)cc(C(F)(F)F)c1. The zero-order chi connectivity index (χ0) is 24.4. The third-order valence-electron chi connectivity index (χ3n) is 5.96. The summed E-state index contributed by atoms with van der Waals surface area (Å²) >= 11 is 5.88. The molecule has 1 aliphatic rings. The number of allylic oxidation sites excluding steroid dienone is 5. The van der Waals surface area contributed by atoms with Crippen molar-refractivity contribution < 1.29 is 23.1 Å². The van der Waals surface area contributed by atoms with Gasteiger partial charge in [-0.25, -0.2) is 0 Å². The van der Waals surface area contributed by atoms with Crippen LogP contribution in [-0.2, 0) is 11.0 Å². The molecule has 0 bridgehead atoms. The van der Waals surface area contributed by atoms with Crippen molar-refractivity contribution in [1.82, 2.24) is 5.32 Å².